The first-order chi connectivity index (χ1) is 13.8. The molecule has 8 heteroatoms. The molecule has 0 aromatic heterocycles. The van der Waals surface area contributed by atoms with Crippen LogP contribution in [0.25, 0.3) is 0 Å². The molecule has 150 valence electrons. The molecule has 0 unspecified atom stereocenters. The monoisotopic (exact) mass is 398 g/mol. The van der Waals surface area contributed by atoms with Crippen LogP contribution in [-0.4, -0.2) is 53.2 Å². The molecule has 2 aromatic carbocycles. The quantitative estimate of drug-likeness (QED) is 0.549. The number of hydrogen-bond acceptors (Lipinski definition) is 5. The van der Waals surface area contributed by atoms with E-state index in [9.17, 15) is 23.6 Å². The molecule has 0 N–H and O–H groups in total. The summed E-state index contributed by atoms with van der Waals surface area (Å²) in [4.78, 5) is 51.4. The minimum Gasteiger partial charge on any atom is -0.454 e. The van der Waals surface area contributed by atoms with Gasteiger partial charge in [0.05, 0.1) is 11.1 Å². The summed E-state index contributed by atoms with van der Waals surface area (Å²) in [7, 11) is 1.45. The van der Waals surface area contributed by atoms with Crippen LogP contribution in [-0.2, 0) is 20.9 Å². The van der Waals surface area contributed by atoms with Crippen molar-refractivity contribution in [3.8, 4) is 0 Å². The Kier molecular flexibility index (Phi) is 5.72. The molecule has 2 aromatic rings. The number of rotatable bonds is 6. The number of hydrogen-bond donors (Lipinski definition) is 0. The van der Waals surface area contributed by atoms with Crippen molar-refractivity contribution in [1.82, 2.24) is 9.80 Å². The van der Waals surface area contributed by atoms with Gasteiger partial charge in [-0.05, 0) is 25.1 Å². The average Bonchev–Trinajstić information content (AvgIpc) is 2.97. The van der Waals surface area contributed by atoms with Crippen molar-refractivity contribution in [2.24, 2.45) is 0 Å². The van der Waals surface area contributed by atoms with Gasteiger partial charge in [0.15, 0.2) is 6.61 Å². The highest BCUT2D eigenvalue weighted by Gasteiger charge is 2.41. The van der Waals surface area contributed by atoms with Crippen molar-refractivity contribution >= 4 is 23.7 Å². The highest BCUT2D eigenvalue weighted by molar-refractivity contribution is 6.22. The van der Waals surface area contributed by atoms with Gasteiger partial charge in [-0.15, -0.1) is 0 Å². The fourth-order valence-electron chi connectivity index (χ4n) is 3.00. The van der Waals surface area contributed by atoms with Crippen molar-refractivity contribution in [1.29, 1.82) is 0 Å². The molecule has 0 spiro atoms. The fourth-order valence-corrected chi connectivity index (χ4v) is 3.00. The Morgan fingerprint density at radius 3 is 2.17 bits per heavy atom. The molecule has 3 amide bonds. The van der Waals surface area contributed by atoms with Gasteiger partial charge in [-0.2, -0.15) is 0 Å². The van der Waals surface area contributed by atoms with E-state index in [0.717, 1.165) is 4.90 Å². The Bertz CT molecular complexity index is 956. The van der Waals surface area contributed by atoms with E-state index in [0.29, 0.717) is 5.56 Å². The molecule has 1 atom stereocenters. The lowest BCUT2D eigenvalue weighted by Gasteiger charge is -2.22. The van der Waals surface area contributed by atoms with Crippen LogP contribution in [0, 0.1) is 5.82 Å². The Morgan fingerprint density at radius 2 is 1.59 bits per heavy atom. The zero-order valence-corrected chi connectivity index (χ0v) is 15.9. The zero-order valence-electron chi connectivity index (χ0n) is 15.9. The number of carbonyl (C=O) groups is 4. The summed E-state index contributed by atoms with van der Waals surface area (Å²) in [6.45, 7) is 0.784. The van der Waals surface area contributed by atoms with Crippen molar-refractivity contribution in [2.45, 2.75) is 19.5 Å². The van der Waals surface area contributed by atoms with E-state index in [1.54, 1.807) is 30.3 Å². The number of ether oxygens (including phenoxy) is 1. The van der Waals surface area contributed by atoms with Gasteiger partial charge in [-0.3, -0.25) is 19.3 Å². The minimum atomic E-state index is -1.19. The van der Waals surface area contributed by atoms with Gasteiger partial charge in [-0.1, -0.05) is 30.3 Å². The Balaban J connectivity index is 1.58. The molecule has 0 radical (unpaired) electrons. The van der Waals surface area contributed by atoms with Gasteiger partial charge in [0.25, 0.3) is 17.7 Å². The van der Waals surface area contributed by atoms with Crippen LogP contribution >= 0.6 is 0 Å². The van der Waals surface area contributed by atoms with Crippen molar-refractivity contribution in [2.75, 3.05) is 13.7 Å². The Morgan fingerprint density at radius 1 is 1.03 bits per heavy atom. The first-order valence-electron chi connectivity index (χ1n) is 8.92. The number of carbonyl (C=O) groups excluding carboxylic acids is 4. The van der Waals surface area contributed by atoms with Crippen molar-refractivity contribution < 1.29 is 28.3 Å². The van der Waals surface area contributed by atoms with Gasteiger partial charge < -0.3 is 9.64 Å². The minimum absolute atomic E-state index is 0.0109. The summed E-state index contributed by atoms with van der Waals surface area (Å²) in [6, 6.07) is 11.1. The van der Waals surface area contributed by atoms with Crippen molar-refractivity contribution in [3.63, 3.8) is 0 Å². The largest absolute Gasteiger partial charge is 0.454 e. The van der Waals surface area contributed by atoms with E-state index in [1.807, 2.05) is 0 Å². The highest BCUT2D eigenvalue weighted by Crippen LogP contribution is 2.24. The van der Waals surface area contributed by atoms with Crippen LogP contribution in [0.2, 0.25) is 0 Å². The summed E-state index contributed by atoms with van der Waals surface area (Å²) in [5.41, 5.74) is 0.768. The first-order valence-corrected chi connectivity index (χ1v) is 8.92. The predicted octanol–water partition coefficient (Wildman–Crippen LogP) is 2.01. The molecule has 29 heavy (non-hydrogen) atoms. The fraction of sp³-hybridized carbons (Fsp3) is 0.238. The maximum Gasteiger partial charge on any atom is 0.329 e. The van der Waals surface area contributed by atoms with E-state index in [2.05, 4.69) is 0 Å². The number of benzene rings is 2. The molecule has 1 aliphatic rings. The molecule has 0 aliphatic carbocycles. The SMILES string of the molecule is C[C@H](C(=O)OCC(=O)N(C)Cc1ccccc1F)N1C(=O)c2ccccc2C1=O. The second kappa shape index (κ2) is 8.22. The molecule has 0 saturated heterocycles. The van der Waals surface area contributed by atoms with E-state index in [1.165, 1.54) is 37.1 Å². The summed E-state index contributed by atoms with van der Waals surface area (Å²) >= 11 is 0. The van der Waals surface area contributed by atoms with Gasteiger partial charge >= 0.3 is 5.97 Å². The number of halogens is 1. The number of likely N-dealkylation sites (N-methyl/N-ethyl adjacent to an activating group) is 1. The topological polar surface area (TPSA) is 84.0 Å². The highest BCUT2D eigenvalue weighted by atomic mass is 19.1. The standard InChI is InChI=1S/C21H19FN2O5/c1-13(24-19(26)15-8-4-5-9-16(15)20(24)27)21(28)29-12-18(25)23(2)11-14-7-3-6-10-17(14)22/h3-10,13H,11-12H2,1-2H3/t13-/m1/s1. The molecule has 1 heterocycles. The van der Waals surface area contributed by atoms with Gasteiger partial charge in [-0.25, -0.2) is 9.18 Å². The molecule has 3 rings (SSSR count). The van der Waals surface area contributed by atoms with Crippen LogP contribution in [0.4, 0.5) is 4.39 Å². The maximum atomic E-state index is 13.7. The molecular weight excluding hydrogens is 379 g/mol. The van der Waals surface area contributed by atoms with E-state index in [-0.39, 0.29) is 17.7 Å². The van der Waals surface area contributed by atoms with Gasteiger partial charge in [0.1, 0.15) is 11.9 Å². The predicted molar refractivity (Wildman–Crippen MR) is 100 cm³/mol. The van der Waals surface area contributed by atoms with E-state index < -0.39 is 42.2 Å². The third-order valence-electron chi connectivity index (χ3n) is 4.68. The molecule has 1 aliphatic heterocycles. The number of fused-ring (bicyclic) bond motifs is 1. The first kappa shape index (κ1) is 20.2. The average molecular weight is 398 g/mol. The number of esters is 1. The number of amides is 3. The van der Waals surface area contributed by atoms with Crippen molar-refractivity contribution in [3.05, 3.63) is 71.0 Å². The second-order valence-corrected chi connectivity index (χ2v) is 6.65. The van der Waals surface area contributed by atoms with Crippen LogP contribution < -0.4 is 0 Å². The summed E-state index contributed by atoms with van der Waals surface area (Å²) in [6.07, 6.45) is 0. The lowest BCUT2D eigenvalue weighted by Crippen LogP contribution is -2.44. The number of imide groups is 1. The van der Waals surface area contributed by atoms with Crippen LogP contribution in [0.3, 0.4) is 0 Å². The summed E-state index contributed by atoms with van der Waals surface area (Å²) in [5, 5.41) is 0. The summed E-state index contributed by atoms with van der Waals surface area (Å²) in [5.74, 6) is -3.04. The third kappa shape index (κ3) is 4.01. The summed E-state index contributed by atoms with van der Waals surface area (Å²) < 4.78 is 18.7. The van der Waals surface area contributed by atoms with E-state index >= 15 is 0 Å². The van der Waals surface area contributed by atoms with Crippen LogP contribution in [0.1, 0.15) is 33.2 Å². The third-order valence-corrected chi connectivity index (χ3v) is 4.68. The van der Waals surface area contributed by atoms with Gasteiger partial charge in [0.2, 0.25) is 0 Å². The smallest absolute Gasteiger partial charge is 0.329 e. The molecule has 0 saturated carbocycles. The number of nitrogens with zero attached hydrogens (tertiary/aromatic N) is 2. The van der Waals surface area contributed by atoms with Crippen LogP contribution in [0.5, 0.6) is 0 Å². The lowest BCUT2D eigenvalue weighted by molar-refractivity contribution is -0.154. The second-order valence-electron chi connectivity index (χ2n) is 6.65. The zero-order chi connectivity index (χ0) is 21.1. The molecule has 0 fully saturated rings. The van der Waals surface area contributed by atoms with Crippen LogP contribution in [0.15, 0.2) is 48.5 Å². The van der Waals surface area contributed by atoms with E-state index in [4.69, 9.17) is 4.74 Å². The van der Waals surface area contributed by atoms with Gasteiger partial charge in [0, 0.05) is 19.2 Å². The molecular formula is C21H19FN2O5. The Hall–Kier alpha value is -3.55. The Labute approximate surface area is 166 Å². The molecule has 7 nitrogen and oxygen atoms in total. The lowest BCUT2D eigenvalue weighted by atomic mass is 10.1. The normalized spacial score (nSPS) is 13.8. The molecule has 0 bridgehead atoms. The maximum absolute atomic E-state index is 13.7.